The van der Waals surface area contributed by atoms with Crippen molar-refractivity contribution in [3.8, 4) is 0 Å². The Balaban J connectivity index is 2.25. The predicted octanol–water partition coefficient (Wildman–Crippen LogP) is 4.40. The average Bonchev–Trinajstić information content (AvgIpc) is 2.75. The highest BCUT2D eigenvalue weighted by molar-refractivity contribution is 7.92. The average molecular weight is 520 g/mol. The van der Waals surface area contributed by atoms with Gasteiger partial charge in [0.25, 0.3) is 0 Å². The van der Waals surface area contributed by atoms with Crippen molar-refractivity contribution >= 4 is 27.5 Å². The van der Waals surface area contributed by atoms with Crippen LogP contribution in [0.4, 0.5) is 10.1 Å². The molecular formula is C27H38FN3O4S. The van der Waals surface area contributed by atoms with Gasteiger partial charge in [-0.2, -0.15) is 0 Å². The number of nitrogens with zero attached hydrogens (tertiary/aromatic N) is 2. The summed E-state index contributed by atoms with van der Waals surface area (Å²) in [4.78, 5) is 28.1. The van der Waals surface area contributed by atoms with Crippen LogP contribution in [0.3, 0.4) is 0 Å². The number of carbonyl (C=O) groups is 2. The van der Waals surface area contributed by atoms with Crippen LogP contribution in [-0.4, -0.2) is 49.5 Å². The Kier molecular flexibility index (Phi) is 10.0. The topological polar surface area (TPSA) is 86.8 Å². The second-order valence-corrected chi connectivity index (χ2v) is 12.0. The SMILES string of the molecule is CCC(C(=O)NC(C)(C)C)N(Cc1cccc(C)c1)C(=O)CCCN(c1ccccc1F)S(C)(=O)=O. The van der Waals surface area contributed by atoms with Gasteiger partial charge >= 0.3 is 0 Å². The number of anilines is 1. The zero-order chi connectivity index (χ0) is 27.1. The van der Waals surface area contributed by atoms with Crippen molar-refractivity contribution < 1.29 is 22.4 Å². The normalized spacial score (nSPS) is 12.6. The number of sulfonamides is 1. The number of hydrogen-bond donors (Lipinski definition) is 1. The number of rotatable bonds is 11. The van der Waals surface area contributed by atoms with Gasteiger partial charge in [0.15, 0.2) is 0 Å². The van der Waals surface area contributed by atoms with E-state index in [9.17, 15) is 22.4 Å². The van der Waals surface area contributed by atoms with Gasteiger partial charge in [-0.25, -0.2) is 12.8 Å². The summed E-state index contributed by atoms with van der Waals surface area (Å²) in [5.74, 6) is -1.16. The van der Waals surface area contributed by atoms with E-state index in [-0.39, 0.29) is 43.4 Å². The first-order valence-corrected chi connectivity index (χ1v) is 14.0. The van der Waals surface area contributed by atoms with Crippen LogP contribution in [0.1, 0.15) is 58.1 Å². The molecule has 0 fully saturated rings. The molecule has 0 saturated carbocycles. The Morgan fingerprint density at radius 3 is 2.31 bits per heavy atom. The largest absolute Gasteiger partial charge is 0.350 e. The molecule has 7 nitrogen and oxygen atoms in total. The second kappa shape index (κ2) is 12.3. The van der Waals surface area contributed by atoms with Gasteiger partial charge in [0, 0.05) is 25.0 Å². The standard InChI is InChI=1S/C27H38FN3O4S/c1-7-23(26(33)29-27(3,4)5)30(19-21-13-10-12-20(2)18-21)25(32)16-11-17-31(36(6,34)35)24-15-9-8-14-22(24)28/h8-10,12-15,18,23H,7,11,16-17,19H2,1-6H3,(H,29,33). The van der Waals surface area contributed by atoms with Crippen LogP contribution >= 0.6 is 0 Å². The van der Waals surface area contributed by atoms with Crippen molar-refractivity contribution in [2.24, 2.45) is 0 Å². The molecule has 0 saturated heterocycles. The highest BCUT2D eigenvalue weighted by Crippen LogP contribution is 2.22. The van der Waals surface area contributed by atoms with Crippen molar-refractivity contribution in [3.63, 3.8) is 0 Å². The molecule has 36 heavy (non-hydrogen) atoms. The van der Waals surface area contributed by atoms with E-state index in [0.717, 1.165) is 21.7 Å². The Labute approximate surface area is 214 Å². The Hall–Kier alpha value is -2.94. The van der Waals surface area contributed by atoms with Gasteiger partial charge in [0.1, 0.15) is 11.9 Å². The zero-order valence-corrected chi connectivity index (χ0v) is 22.9. The third-order valence-corrected chi connectivity index (χ3v) is 6.77. The fraction of sp³-hybridized carbons (Fsp3) is 0.481. The molecular weight excluding hydrogens is 481 g/mol. The number of para-hydroxylation sites is 1. The summed E-state index contributed by atoms with van der Waals surface area (Å²) in [5.41, 5.74) is 1.42. The van der Waals surface area contributed by atoms with Crippen molar-refractivity contribution in [3.05, 3.63) is 65.5 Å². The third-order valence-electron chi connectivity index (χ3n) is 5.59. The minimum absolute atomic E-state index is 0.00554. The first-order chi connectivity index (χ1) is 16.7. The highest BCUT2D eigenvalue weighted by Gasteiger charge is 2.31. The van der Waals surface area contributed by atoms with E-state index in [0.29, 0.717) is 6.42 Å². The van der Waals surface area contributed by atoms with Crippen LogP contribution in [0.15, 0.2) is 48.5 Å². The second-order valence-electron chi connectivity index (χ2n) is 10.1. The van der Waals surface area contributed by atoms with Gasteiger partial charge in [0.2, 0.25) is 21.8 Å². The molecule has 1 unspecified atom stereocenters. The molecule has 1 N–H and O–H groups in total. The molecule has 0 bridgehead atoms. The first kappa shape index (κ1) is 29.3. The Morgan fingerprint density at radius 2 is 1.75 bits per heavy atom. The molecule has 0 aliphatic rings. The molecule has 0 spiro atoms. The summed E-state index contributed by atoms with van der Waals surface area (Å²) in [6, 6.07) is 12.7. The molecule has 1 atom stereocenters. The number of benzene rings is 2. The number of nitrogens with one attached hydrogen (secondary N) is 1. The van der Waals surface area contributed by atoms with Gasteiger partial charge < -0.3 is 10.2 Å². The number of halogens is 1. The maximum absolute atomic E-state index is 14.3. The lowest BCUT2D eigenvalue weighted by atomic mass is 10.0. The number of aryl methyl sites for hydroxylation is 1. The molecule has 0 heterocycles. The van der Waals surface area contributed by atoms with Gasteiger partial charge in [-0.1, -0.05) is 48.9 Å². The van der Waals surface area contributed by atoms with Crippen LogP contribution in [0, 0.1) is 12.7 Å². The van der Waals surface area contributed by atoms with Gasteiger partial charge in [-0.05, 0) is 58.2 Å². The maximum Gasteiger partial charge on any atom is 0.243 e. The van der Waals surface area contributed by atoms with E-state index in [1.54, 1.807) is 11.0 Å². The molecule has 0 aromatic heterocycles. The molecule has 0 aliphatic heterocycles. The fourth-order valence-corrected chi connectivity index (χ4v) is 4.98. The Bertz CT molecular complexity index is 1160. The monoisotopic (exact) mass is 519 g/mol. The molecule has 0 radical (unpaired) electrons. The summed E-state index contributed by atoms with van der Waals surface area (Å²) < 4.78 is 40.0. The summed E-state index contributed by atoms with van der Waals surface area (Å²) in [5, 5.41) is 2.96. The molecule has 198 valence electrons. The van der Waals surface area contributed by atoms with E-state index in [1.807, 2.05) is 58.9 Å². The van der Waals surface area contributed by atoms with Crippen molar-refractivity contribution in [1.29, 1.82) is 0 Å². The highest BCUT2D eigenvalue weighted by atomic mass is 32.2. The predicted molar refractivity (Wildman–Crippen MR) is 142 cm³/mol. The van der Waals surface area contributed by atoms with Crippen LogP contribution in [0.25, 0.3) is 0 Å². The maximum atomic E-state index is 14.3. The zero-order valence-electron chi connectivity index (χ0n) is 22.0. The quantitative estimate of drug-likeness (QED) is 0.477. The van der Waals surface area contributed by atoms with Crippen LogP contribution < -0.4 is 9.62 Å². The lowest BCUT2D eigenvalue weighted by Gasteiger charge is -2.33. The van der Waals surface area contributed by atoms with E-state index < -0.39 is 27.4 Å². The molecule has 2 aromatic carbocycles. The minimum Gasteiger partial charge on any atom is -0.350 e. The van der Waals surface area contributed by atoms with Gasteiger partial charge in [-0.3, -0.25) is 13.9 Å². The smallest absolute Gasteiger partial charge is 0.243 e. The van der Waals surface area contributed by atoms with Crippen molar-refractivity contribution in [2.75, 3.05) is 17.1 Å². The number of carbonyl (C=O) groups excluding carboxylic acids is 2. The molecule has 2 amide bonds. The molecule has 9 heteroatoms. The van der Waals surface area contributed by atoms with E-state index in [4.69, 9.17) is 0 Å². The molecule has 2 aromatic rings. The molecule has 0 aliphatic carbocycles. The van der Waals surface area contributed by atoms with Crippen LogP contribution in [0.2, 0.25) is 0 Å². The number of amides is 2. The van der Waals surface area contributed by atoms with Gasteiger partial charge in [0.05, 0.1) is 11.9 Å². The van der Waals surface area contributed by atoms with Crippen LogP contribution in [0.5, 0.6) is 0 Å². The van der Waals surface area contributed by atoms with Crippen molar-refractivity contribution in [2.45, 2.75) is 72.0 Å². The number of hydrogen-bond acceptors (Lipinski definition) is 4. The summed E-state index contributed by atoms with van der Waals surface area (Å²) in [6.07, 6.45) is 1.60. The summed E-state index contributed by atoms with van der Waals surface area (Å²) >= 11 is 0. The molecule has 2 rings (SSSR count). The summed E-state index contributed by atoms with van der Waals surface area (Å²) in [6.45, 7) is 9.65. The van der Waals surface area contributed by atoms with Gasteiger partial charge in [-0.15, -0.1) is 0 Å². The lowest BCUT2D eigenvalue weighted by molar-refractivity contribution is -0.142. The Morgan fingerprint density at radius 1 is 1.08 bits per heavy atom. The fourth-order valence-electron chi connectivity index (χ4n) is 4.02. The third kappa shape index (κ3) is 8.62. The van der Waals surface area contributed by atoms with Crippen LogP contribution in [-0.2, 0) is 26.2 Å². The first-order valence-electron chi connectivity index (χ1n) is 12.1. The van der Waals surface area contributed by atoms with E-state index >= 15 is 0 Å². The van der Waals surface area contributed by atoms with E-state index in [2.05, 4.69) is 5.32 Å². The lowest BCUT2D eigenvalue weighted by Crippen LogP contribution is -2.53. The summed E-state index contributed by atoms with van der Waals surface area (Å²) in [7, 11) is -3.76. The van der Waals surface area contributed by atoms with Crippen molar-refractivity contribution in [1.82, 2.24) is 10.2 Å². The minimum atomic E-state index is -3.76. The van der Waals surface area contributed by atoms with E-state index in [1.165, 1.54) is 18.2 Å².